The largest absolute Gasteiger partial charge is 0.394 e. The molecule has 0 aromatic rings. The number of aliphatic hydroxyl groups is 3. The lowest BCUT2D eigenvalue weighted by atomic mass is 10.0. The van der Waals surface area contributed by atoms with Crippen molar-refractivity contribution in [3.63, 3.8) is 0 Å². The third-order valence-corrected chi connectivity index (χ3v) is 4.25. The molecule has 5 nitrogen and oxygen atoms in total. The van der Waals surface area contributed by atoms with E-state index in [2.05, 4.69) is 19.1 Å². The van der Waals surface area contributed by atoms with Gasteiger partial charge in [0, 0.05) is 6.61 Å². The SMILES string of the molecule is CCCCC/C=C/CCCCCO[C@H]1CO[C@H](CO)[C@@H](O)[C@@H]1O. The Hall–Kier alpha value is -0.460. The molecule has 1 saturated heterocycles. The minimum Gasteiger partial charge on any atom is -0.394 e. The van der Waals surface area contributed by atoms with E-state index in [4.69, 9.17) is 14.6 Å². The maximum atomic E-state index is 9.93. The summed E-state index contributed by atoms with van der Waals surface area (Å²) in [6.45, 7) is 2.69. The summed E-state index contributed by atoms with van der Waals surface area (Å²) in [6, 6.07) is 0. The van der Waals surface area contributed by atoms with Gasteiger partial charge in [-0.05, 0) is 32.1 Å². The van der Waals surface area contributed by atoms with Crippen molar-refractivity contribution in [1.29, 1.82) is 0 Å². The van der Waals surface area contributed by atoms with Crippen LogP contribution >= 0.6 is 0 Å². The molecule has 5 heteroatoms. The van der Waals surface area contributed by atoms with Crippen LogP contribution in [0.5, 0.6) is 0 Å². The minimum absolute atomic E-state index is 0.212. The Bertz CT molecular complexity index is 308. The van der Waals surface area contributed by atoms with E-state index >= 15 is 0 Å². The highest BCUT2D eigenvalue weighted by Crippen LogP contribution is 2.18. The zero-order chi connectivity index (χ0) is 16.9. The quantitative estimate of drug-likeness (QED) is 0.377. The number of ether oxygens (including phenoxy) is 2. The van der Waals surface area contributed by atoms with Gasteiger partial charge in [0.1, 0.15) is 24.4 Å². The Morgan fingerprint density at radius 3 is 2.35 bits per heavy atom. The lowest BCUT2D eigenvalue weighted by Crippen LogP contribution is -2.55. The number of allylic oxidation sites excluding steroid dienone is 2. The van der Waals surface area contributed by atoms with Gasteiger partial charge in [0.25, 0.3) is 0 Å². The van der Waals surface area contributed by atoms with E-state index in [1.807, 2.05) is 0 Å². The van der Waals surface area contributed by atoms with Gasteiger partial charge in [0.2, 0.25) is 0 Å². The van der Waals surface area contributed by atoms with Crippen molar-refractivity contribution in [2.75, 3.05) is 19.8 Å². The summed E-state index contributed by atoms with van der Waals surface area (Å²) in [4.78, 5) is 0. The first-order valence-corrected chi connectivity index (χ1v) is 9.05. The third kappa shape index (κ3) is 8.27. The van der Waals surface area contributed by atoms with Crippen LogP contribution in [-0.2, 0) is 9.47 Å². The number of unbranched alkanes of at least 4 members (excludes halogenated alkanes) is 6. The molecule has 0 amide bonds. The van der Waals surface area contributed by atoms with E-state index in [0.717, 1.165) is 25.7 Å². The van der Waals surface area contributed by atoms with Gasteiger partial charge in [-0.3, -0.25) is 0 Å². The maximum absolute atomic E-state index is 9.93. The van der Waals surface area contributed by atoms with E-state index < -0.39 is 24.4 Å². The van der Waals surface area contributed by atoms with Gasteiger partial charge in [0.05, 0.1) is 13.2 Å². The minimum atomic E-state index is -1.09. The predicted octanol–water partition coefficient (Wildman–Crippen LogP) is 2.18. The van der Waals surface area contributed by atoms with Crippen molar-refractivity contribution >= 4 is 0 Å². The van der Waals surface area contributed by atoms with Gasteiger partial charge in [0.15, 0.2) is 0 Å². The highest BCUT2D eigenvalue weighted by atomic mass is 16.6. The molecule has 0 radical (unpaired) electrons. The van der Waals surface area contributed by atoms with Crippen molar-refractivity contribution in [2.45, 2.75) is 82.7 Å². The zero-order valence-electron chi connectivity index (χ0n) is 14.4. The molecular formula is C18H34O5. The van der Waals surface area contributed by atoms with E-state index in [-0.39, 0.29) is 13.2 Å². The summed E-state index contributed by atoms with van der Waals surface area (Å²) in [6.07, 6.45) is 10.6. The van der Waals surface area contributed by atoms with Gasteiger partial charge in [-0.1, -0.05) is 38.3 Å². The van der Waals surface area contributed by atoms with Crippen molar-refractivity contribution in [3.05, 3.63) is 12.2 Å². The smallest absolute Gasteiger partial charge is 0.111 e. The van der Waals surface area contributed by atoms with Crippen LogP contribution in [0.1, 0.15) is 58.3 Å². The Morgan fingerprint density at radius 1 is 1.00 bits per heavy atom. The lowest BCUT2D eigenvalue weighted by Gasteiger charge is -2.36. The van der Waals surface area contributed by atoms with Gasteiger partial charge in [-0.15, -0.1) is 0 Å². The van der Waals surface area contributed by atoms with Crippen LogP contribution in [-0.4, -0.2) is 59.6 Å². The maximum Gasteiger partial charge on any atom is 0.111 e. The predicted molar refractivity (Wildman–Crippen MR) is 90.3 cm³/mol. The molecule has 23 heavy (non-hydrogen) atoms. The van der Waals surface area contributed by atoms with E-state index in [1.54, 1.807) is 0 Å². The first-order valence-electron chi connectivity index (χ1n) is 9.05. The van der Waals surface area contributed by atoms with Gasteiger partial charge >= 0.3 is 0 Å². The second-order valence-electron chi connectivity index (χ2n) is 6.26. The normalized spacial score (nSPS) is 28.5. The molecule has 0 unspecified atom stereocenters. The molecule has 0 aromatic heterocycles. The molecule has 1 aliphatic heterocycles. The van der Waals surface area contributed by atoms with Crippen LogP contribution < -0.4 is 0 Å². The fourth-order valence-electron chi connectivity index (χ4n) is 2.69. The molecule has 0 aliphatic carbocycles. The summed E-state index contributed by atoms with van der Waals surface area (Å²) < 4.78 is 10.9. The Morgan fingerprint density at radius 2 is 1.70 bits per heavy atom. The van der Waals surface area contributed by atoms with Crippen LogP contribution in [0.3, 0.4) is 0 Å². The highest BCUT2D eigenvalue weighted by Gasteiger charge is 2.38. The second kappa shape index (κ2) is 12.9. The molecule has 1 fully saturated rings. The number of hydrogen-bond donors (Lipinski definition) is 3. The van der Waals surface area contributed by atoms with Crippen molar-refractivity contribution in [3.8, 4) is 0 Å². The topological polar surface area (TPSA) is 79.2 Å². The summed E-state index contributed by atoms with van der Waals surface area (Å²) >= 11 is 0. The van der Waals surface area contributed by atoms with Crippen molar-refractivity contribution in [1.82, 2.24) is 0 Å². The Kier molecular flexibility index (Phi) is 11.5. The summed E-state index contributed by atoms with van der Waals surface area (Å²) in [5.74, 6) is 0. The highest BCUT2D eigenvalue weighted by molar-refractivity contribution is 4.87. The monoisotopic (exact) mass is 330 g/mol. The van der Waals surface area contributed by atoms with E-state index in [9.17, 15) is 10.2 Å². The lowest BCUT2D eigenvalue weighted by molar-refractivity contribution is -0.208. The molecular weight excluding hydrogens is 296 g/mol. The standard InChI is InChI=1S/C18H34O5/c1-2-3-4-5-6-7-8-9-10-11-12-22-16-14-23-15(13-19)17(20)18(16)21/h6-7,15-21H,2-5,8-14H2,1H3/b7-6+/t15-,16+,17-,18-/m1/s1. The van der Waals surface area contributed by atoms with E-state index in [1.165, 1.54) is 25.7 Å². The van der Waals surface area contributed by atoms with Crippen LogP contribution in [0.4, 0.5) is 0 Å². The van der Waals surface area contributed by atoms with Gasteiger partial charge < -0.3 is 24.8 Å². The third-order valence-electron chi connectivity index (χ3n) is 4.25. The molecule has 0 bridgehead atoms. The van der Waals surface area contributed by atoms with Gasteiger partial charge in [-0.25, -0.2) is 0 Å². The van der Waals surface area contributed by atoms with Crippen molar-refractivity contribution in [2.24, 2.45) is 0 Å². The second-order valence-corrected chi connectivity index (χ2v) is 6.26. The molecule has 3 N–H and O–H groups in total. The average Bonchev–Trinajstić information content (AvgIpc) is 2.56. The summed E-state index contributed by atoms with van der Waals surface area (Å²) in [5, 5.41) is 28.7. The summed E-state index contributed by atoms with van der Waals surface area (Å²) in [5.41, 5.74) is 0. The molecule has 1 heterocycles. The molecule has 0 saturated carbocycles. The fourth-order valence-corrected chi connectivity index (χ4v) is 2.69. The average molecular weight is 330 g/mol. The fraction of sp³-hybridized carbons (Fsp3) is 0.889. The van der Waals surface area contributed by atoms with Crippen LogP contribution in [0.2, 0.25) is 0 Å². The Labute approximate surface area is 140 Å². The molecule has 1 aliphatic rings. The Balaban J connectivity index is 1.99. The number of rotatable bonds is 12. The zero-order valence-corrected chi connectivity index (χ0v) is 14.4. The number of hydrogen-bond acceptors (Lipinski definition) is 5. The van der Waals surface area contributed by atoms with E-state index in [0.29, 0.717) is 6.61 Å². The van der Waals surface area contributed by atoms with Crippen molar-refractivity contribution < 1.29 is 24.8 Å². The summed E-state index contributed by atoms with van der Waals surface area (Å²) in [7, 11) is 0. The molecule has 136 valence electrons. The molecule has 0 aromatic carbocycles. The van der Waals surface area contributed by atoms with Crippen LogP contribution in [0, 0.1) is 0 Å². The first kappa shape index (κ1) is 20.6. The first-order chi connectivity index (χ1) is 11.2. The number of aliphatic hydroxyl groups excluding tert-OH is 3. The van der Waals surface area contributed by atoms with Crippen LogP contribution in [0.15, 0.2) is 12.2 Å². The molecule has 1 rings (SSSR count). The molecule has 4 atom stereocenters. The molecule has 0 spiro atoms. The van der Waals surface area contributed by atoms with Gasteiger partial charge in [-0.2, -0.15) is 0 Å². The van der Waals surface area contributed by atoms with Crippen LogP contribution in [0.25, 0.3) is 0 Å².